The second-order valence-corrected chi connectivity index (χ2v) is 4.68. The van der Waals surface area contributed by atoms with E-state index in [0.29, 0.717) is 17.3 Å². The SMILES string of the molecule is COc1ccc(-c2nc3ccc(NC(C)=N)cc3o2)cc1. The molecular weight excluding hydrogens is 266 g/mol. The van der Waals surface area contributed by atoms with Crippen molar-refractivity contribution in [2.45, 2.75) is 6.92 Å². The van der Waals surface area contributed by atoms with Crippen LogP contribution in [0, 0.1) is 5.41 Å². The van der Waals surface area contributed by atoms with Gasteiger partial charge in [-0.15, -0.1) is 0 Å². The lowest BCUT2D eigenvalue weighted by molar-refractivity contribution is 0.415. The molecular formula is C16H15N3O2. The molecule has 1 aromatic heterocycles. The van der Waals surface area contributed by atoms with E-state index in [2.05, 4.69) is 10.3 Å². The summed E-state index contributed by atoms with van der Waals surface area (Å²) < 4.78 is 10.9. The molecule has 0 fully saturated rings. The second kappa shape index (κ2) is 5.28. The van der Waals surface area contributed by atoms with E-state index in [4.69, 9.17) is 14.6 Å². The highest BCUT2D eigenvalue weighted by Crippen LogP contribution is 2.27. The molecule has 0 aliphatic carbocycles. The summed E-state index contributed by atoms with van der Waals surface area (Å²) in [6.45, 7) is 1.69. The molecule has 3 rings (SSSR count). The second-order valence-electron chi connectivity index (χ2n) is 4.68. The maximum Gasteiger partial charge on any atom is 0.227 e. The third kappa shape index (κ3) is 2.72. The standard InChI is InChI=1S/C16H15N3O2/c1-10(17)18-12-5-8-14-15(9-12)21-16(19-14)11-3-6-13(20-2)7-4-11/h3-9H,1-2H3,(H2,17,18). The van der Waals surface area contributed by atoms with Gasteiger partial charge in [0.05, 0.1) is 12.9 Å². The number of anilines is 1. The van der Waals surface area contributed by atoms with Crippen molar-refractivity contribution in [3.63, 3.8) is 0 Å². The number of ether oxygens (including phenoxy) is 1. The van der Waals surface area contributed by atoms with Gasteiger partial charge in [0.2, 0.25) is 5.89 Å². The zero-order valence-corrected chi connectivity index (χ0v) is 11.8. The Morgan fingerprint density at radius 1 is 1.19 bits per heavy atom. The fourth-order valence-electron chi connectivity index (χ4n) is 2.08. The van der Waals surface area contributed by atoms with E-state index in [0.717, 1.165) is 22.5 Å². The monoisotopic (exact) mass is 281 g/mol. The van der Waals surface area contributed by atoms with Gasteiger partial charge in [0.25, 0.3) is 0 Å². The number of nitrogens with zero attached hydrogens (tertiary/aromatic N) is 1. The van der Waals surface area contributed by atoms with E-state index < -0.39 is 0 Å². The predicted molar refractivity (Wildman–Crippen MR) is 83.0 cm³/mol. The van der Waals surface area contributed by atoms with Crippen molar-refractivity contribution in [1.82, 2.24) is 4.98 Å². The summed E-state index contributed by atoms with van der Waals surface area (Å²) in [7, 11) is 1.63. The predicted octanol–water partition coefficient (Wildman–Crippen LogP) is 3.91. The Morgan fingerprint density at radius 2 is 1.95 bits per heavy atom. The number of hydrogen-bond acceptors (Lipinski definition) is 4. The Hall–Kier alpha value is -2.82. The maximum atomic E-state index is 7.45. The minimum atomic E-state index is 0.379. The van der Waals surface area contributed by atoms with Crippen LogP contribution in [0.4, 0.5) is 5.69 Å². The number of hydrogen-bond donors (Lipinski definition) is 2. The number of amidine groups is 1. The van der Waals surface area contributed by atoms with Crippen LogP contribution in [0.1, 0.15) is 6.92 Å². The van der Waals surface area contributed by atoms with Gasteiger partial charge < -0.3 is 14.5 Å². The number of fused-ring (bicyclic) bond motifs is 1. The number of rotatable bonds is 3. The first kappa shape index (κ1) is 13.2. The van der Waals surface area contributed by atoms with Gasteiger partial charge in [0.15, 0.2) is 5.58 Å². The van der Waals surface area contributed by atoms with Gasteiger partial charge in [-0.05, 0) is 43.3 Å². The fourth-order valence-corrected chi connectivity index (χ4v) is 2.08. The number of aromatic nitrogens is 1. The molecule has 0 aliphatic heterocycles. The molecule has 0 bridgehead atoms. The van der Waals surface area contributed by atoms with Crippen LogP contribution in [-0.4, -0.2) is 17.9 Å². The van der Waals surface area contributed by atoms with Gasteiger partial charge in [0.1, 0.15) is 11.3 Å². The van der Waals surface area contributed by atoms with Crippen molar-refractivity contribution in [3.05, 3.63) is 42.5 Å². The van der Waals surface area contributed by atoms with Crippen molar-refractivity contribution in [2.24, 2.45) is 0 Å². The van der Waals surface area contributed by atoms with Gasteiger partial charge in [0, 0.05) is 17.3 Å². The molecule has 5 nitrogen and oxygen atoms in total. The van der Waals surface area contributed by atoms with Gasteiger partial charge in [-0.3, -0.25) is 5.41 Å². The zero-order valence-electron chi connectivity index (χ0n) is 11.8. The molecule has 0 saturated carbocycles. The Labute approximate surface area is 122 Å². The van der Waals surface area contributed by atoms with E-state index in [-0.39, 0.29) is 0 Å². The Balaban J connectivity index is 1.97. The summed E-state index contributed by atoms with van der Waals surface area (Å²) in [6, 6.07) is 13.1. The minimum absolute atomic E-state index is 0.379. The first-order valence-corrected chi connectivity index (χ1v) is 6.53. The van der Waals surface area contributed by atoms with Crippen LogP contribution in [0.5, 0.6) is 5.75 Å². The summed E-state index contributed by atoms with van der Waals surface area (Å²) in [5.41, 5.74) is 3.18. The van der Waals surface area contributed by atoms with Gasteiger partial charge in [-0.25, -0.2) is 4.98 Å². The van der Waals surface area contributed by atoms with Crippen molar-refractivity contribution in [3.8, 4) is 17.2 Å². The topological polar surface area (TPSA) is 71.1 Å². The molecule has 0 radical (unpaired) electrons. The van der Waals surface area contributed by atoms with Crippen LogP contribution >= 0.6 is 0 Å². The molecule has 0 unspecified atom stereocenters. The zero-order chi connectivity index (χ0) is 14.8. The Morgan fingerprint density at radius 3 is 2.62 bits per heavy atom. The highest BCUT2D eigenvalue weighted by molar-refractivity contribution is 5.93. The lowest BCUT2D eigenvalue weighted by atomic mass is 10.2. The van der Waals surface area contributed by atoms with Gasteiger partial charge >= 0.3 is 0 Å². The van der Waals surface area contributed by atoms with Crippen LogP contribution < -0.4 is 10.1 Å². The molecule has 3 aromatic rings. The molecule has 5 heteroatoms. The molecule has 106 valence electrons. The Bertz CT molecular complexity index is 791. The van der Waals surface area contributed by atoms with Crippen LogP contribution in [0.15, 0.2) is 46.9 Å². The van der Waals surface area contributed by atoms with Gasteiger partial charge in [-0.2, -0.15) is 0 Å². The summed E-state index contributed by atoms with van der Waals surface area (Å²) in [5, 5.41) is 10.4. The third-order valence-corrected chi connectivity index (χ3v) is 3.06. The lowest BCUT2D eigenvalue weighted by Crippen LogP contribution is -2.04. The van der Waals surface area contributed by atoms with E-state index in [9.17, 15) is 0 Å². The van der Waals surface area contributed by atoms with Crippen LogP contribution in [0.25, 0.3) is 22.6 Å². The number of methoxy groups -OCH3 is 1. The van der Waals surface area contributed by atoms with Crippen LogP contribution in [0.2, 0.25) is 0 Å². The lowest BCUT2D eigenvalue weighted by Gasteiger charge is -2.01. The third-order valence-electron chi connectivity index (χ3n) is 3.06. The molecule has 0 atom stereocenters. The summed E-state index contributed by atoms with van der Waals surface area (Å²) in [5.74, 6) is 1.74. The molecule has 2 aromatic carbocycles. The average molecular weight is 281 g/mol. The molecule has 0 amide bonds. The molecule has 1 heterocycles. The van der Waals surface area contributed by atoms with Crippen molar-refractivity contribution in [1.29, 1.82) is 5.41 Å². The largest absolute Gasteiger partial charge is 0.497 e. The smallest absolute Gasteiger partial charge is 0.227 e. The van der Waals surface area contributed by atoms with Gasteiger partial charge in [-0.1, -0.05) is 0 Å². The van der Waals surface area contributed by atoms with E-state index in [1.54, 1.807) is 14.0 Å². The maximum absolute atomic E-state index is 7.45. The number of oxazole rings is 1. The van der Waals surface area contributed by atoms with E-state index in [1.165, 1.54) is 0 Å². The average Bonchev–Trinajstić information content (AvgIpc) is 2.90. The summed E-state index contributed by atoms with van der Waals surface area (Å²) >= 11 is 0. The van der Waals surface area contributed by atoms with Crippen molar-refractivity contribution in [2.75, 3.05) is 12.4 Å². The first-order valence-electron chi connectivity index (χ1n) is 6.53. The molecule has 2 N–H and O–H groups in total. The summed E-state index contributed by atoms with van der Waals surface area (Å²) in [4.78, 5) is 4.47. The summed E-state index contributed by atoms with van der Waals surface area (Å²) in [6.07, 6.45) is 0. The quantitative estimate of drug-likeness (QED) is 0.564. The highest BCUT2D eigenvalue weighted by atomic mass is 16.5. The van der Waals surface area contributed by atoms with Crippen molar-refractivity contribution < 1.29 is 9.15 Å². The molecule has 21 heavy (non-hydrogen) atoms. The minimum Gasteiger partial charge on any atom is -0.497 e. The molecule has 0 saturated heterocycles. The molecule has 0 spiro atoms. The van der Waals surface area contributed by atoms with Crippen LogP contribution in [-0.2, 0) is 0 Å². The molecule has 0 aliphatic rings. The van der Waals surface area contributed by atoms with E-state index in [1.807, 2.05) is 42.5 Å². The normalized spacial score (nSPS) is 10.6. The number of nitrogens with one attached hydrogen (secondary N) is 2. The fraction of sp³-hybridized carbons (Fsp3) is 0.125. The van der Waals surface area contributed by atoms with Crippen molar-refractivity contribution >= 4 is 22.6 Å². The first-order chi connectivity index (χ1) is 10.2. The Kier molecular flexibility index (Phi) is 3.31. The van der Waals surface area contributed by atoms with Crippen LogP contribution in [0.3, 0.4) is 0 Å². The van der Waals surface area contributed by atoms with E-state index >= 15 is 0 Å². The number of benzene rings is 2. The highest BCUT2D eigenvalue weighted by Gasteiger charge is 2.09.